The van der Waals surface area contributed by atoms with Crippen LogP contribution in [0.1, 0.15) is 23.5 Å². The van der Waals surface area contributed by atoms with Gasteiger partial charge in [-0.1, -0.05) is 12.1 Å². The van der Waals surface area contributed by atoms with E-state index < -0.39 is 17.3 Å². The Balaban J connectivity index is 1.76. The van der Waals surface area contributed by atoms with Crippen LogP contribution in [-0.2, 0) is 4.79 Å². The molecule has 4 aromatic rings. The van der Waals surface area contributed by atoms with Crippen LogP contribution in [0.15, 0.2) is 64.0 Å². The highest BCUT2D eigenvalue weighted by atomic mass is 16.5. The maximum absolute atomic E-state index is 13.4. The summed E-state index contributed by atoms with van der Waals surface area (Å²) in [7, 11) is 3.05. The molecule has 2 N–H and O–H groups in total. The second kappa shape index (κ2) is 8.15. The van der Waals surface area contributed by atoms with Gasteiger partial charge in [-0.15, -0.1) is 0 Å². The van der Waals surface area contributed by atoms with Crippen LogP contribution in [0, 0.1) is 0 Å². The zero-order chi connectivity index (χ0) is 24.0. The summed E-state index contributed by atoms with van der Waals surface area (Å²) in [6.45, 7) is 0. The van der Waals surface area contributed by atoms with Crippen LogP contribution in [-0.4, -0.2) is 30.4 Å². The summed E-state index contributed by atoms with van der Waals surface area (Å²) >= 11 is 0. The Bertz CT molecular complexity index is 1460. The van der Waals surface area contributed by atoms with Crippen LogP contribution in [0.4, 0.5) is 0 Å². The molecule has 0 saturated heterocycles. The van der Waals surface area contributed by atoms with E-state index in [0.717, 1.165) is 0 Å². The van der Waals surface area contributed by atoms with Crippen LogP contribution in [0.25, 0.3) is 22.1 Å². The summed E-state index contributed by atoms with van der Waals surface area (Å²) in [5, 5.41) is 20.2. The fourth-order valence-corrected chi connectivity index (χ4v) is 4.29. The second-order valence-electron chi connectivity index (χ2n) is 7.91. The molecule has 8 heteroatoms. The van der Waals surface area contributed by atoms with Gasteiger partial charge in [0, 0.05) is 23.6 Å². The van der Waals surface area contributed by atoms with E-state index in [9.17, 15) is 19.8 Å². The lowest BCUT2D eigenvalue weighted by molar-refractivity contribution is -0.135. The lowest BCUT2D eigenvalue weighted by Crippen LogP contribution is -2.22. The van der Waals surface area contributed by atoms with Gasteiger partial charge in [0.15, 0.2) is 0 Å². The Hall–Kier alpha value is -4.46. The number of carbonyl (C=O) groups excluding carboxylic acids is 1. The molecule has 0 saturated carbocycles. The van der Waals surface area contributed by atoms with Crippen LogP contribution < -0.4 is 19.6 Å². The first-order valence-corrected chi connectivity index (χ1v) is 10.4. The maximum atomic E-state index is 13.4. The standard InChI is InChI=1S/C26H20O8/c1-31-16-7-14(8-17(9-16)32-2)18-10-22(29)34-21-11-20(28)24-25(30)19(12-33-26(24)23(18)21)13-3-5-15(27)6-4-13/h3-9,11-12,18,27-28H,10H2,1-2H3. The third kappa shape index (κ3) is 3.49. The van der Waals surface area contributed by atoms with Crippen molar-refractivity contribution in [1.82, 2.24) is 0 Å². The highest BCUT2D eigenvalue weighted by Crippen LogP contribution is 2.46. The molecule has 0 bridgehead atoms. The minimum atomic E-state index is -0.536. The topological polar surface area (TPSA) is 115 Å². The predicted octanol–water partition coefficient (Wildman–Crippen LogP) is 4.33. The van der Waals surface area contributed by atoms with Crippen molar-refractivity contribution in [2.45, 2.75) is 12.3 Å². The van der Waals surface area contributed by atoms with Gasteiger partial charge in [0.25, 0.3) is 0 Å². The van der Waals surface area contributed by atoms with Crippen LogP contribution in [0.5, 0.6) is 28.7 Å². The number of ether oxygens (including phenoxy) is 3. The molecule has 0 amide bonds. The molecular weight excluding hydrogens is 440 g/mol. The van der Waals surface area contributed by atoms with E-state index in [-0.39, 0.29) is 40.2 Å². The molecule has 0 spiro atoms. The number of phenolic OH excluding ortho intramolecular Hbond substituents is 2. The zero-order valence-electron chi connectivity index (χ0n) is 18.3. The normalized spacial score (nSPS) is 15.0. The molecule has 1 aromatic heterocycles. The predicted molar refractivity (Wildman–Crippen MR) is 123 cm³/mol. The Kier molecular flexibility index (Phi) is 5.13. The number of aromatic hydroxyl groups is 2. The first-order valence-electron chi connectivity index (χ1n) is 10.4. The molecular formula is C26H20O8. The van der Waals surface area contributed by atoms with Crippen molar-refractivity contribution in [3.8, 4) is 39.9 Å². The van der Waals surface area contributed by atoms with Crippen molar-refractivity contribution < 1.29 is 33.6 Å². The third-order valence-electron chi connectivity index (χ3n) is 5.92. The molecule has 1 aliphatic heterocycles. The van der Waals surface area contributed by atoms with Gasteiger partial charge in [-0.3, -0.25) is 9.59 Å². The lowest BCUT2D eigenvalue weighted by atomic mass is 9.84. The van der Waals surface area contributed by atoms with Crippen molar-refractivity contribution in [3.63, 3.8) is 0 Å². The molecule has 1 atom stereocenters. The average molecular weight is 460 g/mol. The third-order valence-corrected chi connectivity index (χ3v) is 5.92. The van der Waals surface area contributed by atoms with E-state index >= 15 is 0 Å². The molecule has 8 nitrogen and oxygen atoms in total. The average Bonchev–Trinajstić information content (AvgIpc) is 2.83. The number of hydrogen-bond acceptors (Lipinski definition) is 8. The molecule has 172 valence electrons. The number of benzene rings is 3. The number of rotatable bonds is 4. The maximum Gasteiger partial charge on any atom is 0.312 e. The molecule has 0 radical (unpaired) electrons. The molecule has 5 rings (SSSR count). The van der Waals surface area contributed by atoms with Crippen molar-refractivity contribution in [1.29, 1.82) is 0 Å². The Labute approximate surface area is 193 Å². The molecule has 0 aliphatic carbocycles. The van der Waals surface area contributed by atoms with Crippen molar-refractivity contribution in [3.05, 3.63) is 76.1 Å². The minimum absolute atomic E-state index is 0.00732. The molecule has 2 heterocycles. The summed E-state index contributed by atoms with van der Waals surface area (Å²) in [6.07, 6.45) is 1.29. The summed E-state index contributed by atoms with van der Waals surface area (Å²) < 4.78 is 22.1. The quantitative estimate of drug-likeness (QED) is 0.342. The van der Waals surface area contributed by atoms with Crippen molar-refractivity contribution >= 4 is 16.9 Å². The highest BCUT2D eigenvalue weighted by Gasteiger charge is 2.34. The first kappa shape index (κ1) is 21.4. The van der Waals surface area contributed by atoms with Crippen LogP contribution in [0.3, 0.4) is 0 Å². The van der Waals surface area contributed by atoms with Gasteiger partial charge in [0.1, 0.15) is 46.0 Å². The van der Waals surface area contributed by atoms with Gasteiger partial charge in [-0.05, 0) is 35.4 Å². The Morgan fingerprint density at radius 2 is 1.62 bits per heavy atom. The second-order valence-corrected chi connectivity index (χ2v) is 7.91. The fourth-order valence-electron chi connectivity index (χ4n) is 4.29. The van der Waals surface area contributed by atoms with Crippen LogP contribution in [0.2, 0.25) is 0 Å². The molecule has 1 unspecified atom stereocenters. The summed E-state index contributed by atoms with van der Waals surface area (Å²) in [5.74, 6) is -0.132. The van der Waals surface area contributed by atoms with Gasteiger partial charge in [0.2, 0.25) is 5.43 Å². The molecule has 3 aromatic carbocycles. The number of esters is 1. The minimum Gasteiger partial charge on any atom is -0.508 e. The van der Waals surface area contributed by atoms with Gasteiger partial charge >= 0.3 is 5.97 Å². The Morgan fingerprint density at radius 1 is 0.941 bits per heavy atom. The van der Waals surface area contributed by atoms with Gasteiger partial charge < -0.3 is 28.8 Å². The number of methoxy groups -OCH3 is 2. The monoisotopic (exact) mass is 460 g/mol. The smallest absolute Gasteiger partial charge is 0.312 e. The van der Waals surface area contributed by atoms with E-state index in [1.54, 1.807) is 30.3 Å². The zero-order valence-corrected chi connectivity index (χ0v) is 18.3. The summed E-state index contributed by atoms with van der Waals surface area (Å²) in [4.78, 5) is 25.8. The molecule has 1 aliphatic rings. The van der Waals surface area contributed by atoms with Crippen molar-refractivity contribution in [2.24, 2.45) is 0 Å². The molecule has 0 fully saturated rings. The number of phenols is 2. The van der Waals surface area contributed by atoms with E-state index in [4.69, 9.17) is 18.6 Å². The summed E-state index contributed by atoms with van der Waals surface area (Å²) in [5.41, 5.74) is 1.58. The fraction of sp³-hybridized carbons (Fsp3) is 0.154. The first-order chi connectivity index (χ1) is 16.4. The van der Waals surface area contributed by atoms with E-state index in [1.807, 2.05) is 0 Å². The van der Waals surface area contributed by atoms with Gasteiger partial charge in [-0.2, -0.15) is 0 Å². The Morgan fingerprint density at radius 3 is 2.26 bits per heavy atom. The van der Waals surface area contributed by atoms with Crippen molar-refractivity contribution in [2.75, 3.05) is 14.2 Å². The highest BCUT2D eigenvalue weighted by molar-refractivity contribution is 5.94. The van der Waals surface area contributed by atoms with Gasteiger partial charge in [0.05, 0.1) is 26.2 Å². The van der Waals surface area contributed by atoms with E-state index in [2.05, 4.69) is 0 Å². The SMILES string of the molecule is COc1cc(OC)cc(C2CC(=O)Oc3cc(O)c4c(=O)c(-c5ccc(O)cc5)coc4c32)c1. The summed E-state index contributed by atoms with van der Waals surface area (Å²) in [6, 6.07) is 12.6. The molecule has 34 heavy (non-hydrogen) atoms. The van der Waals surface area contributed by atoms with E-state index in [1.165, 1.54) is 38.7 Å². The van der Waals surface area contributed by atoms with E-state index in [0.29, 0.717) is 28.2 Å². The van der Waals surface area contributed by atoms with Crippen LogP contribution >= 0.6 is 0 Å². The number of carbonyl (C=O) groups is 1. The number of fused-ring (bicyclic) bond motifs is 3. The number of hydrogen-bond donors (Lipinski definition) is 2. The lowest BCUT2D eigenvalue weighted by Gasteiger charge is -2.26. The largest absolute Gasteiger partial charge is 0.508 e. The van der Waals surface area contributed by atoms with Gasteiger partial charge in [-0.25, -0.2) is 0 Å².